The Morgan fingerprint density at radius 2 is 2.17 bits per heavy atom. The zero-order chi connectivity index (χ0) is 20.9. The smallest absolute Gasteiger partial charge is 0.496 e. The van der Waals surface area contributed by atoms with Crippen molar-refractivity contribution in [2.75, 3.05) is 20.3 Å². The van der Waals surface area contributed by atoms with E-state index in [4.69, 9.17) is 18.9 Å². The van der Waals surface area contributed by atoms with Gasteiger partial charge in [0.05, 0.1) is 18.2 Å². The van der Waals surface area contributed by atoms with Crippen LogP contribution < -0.4 is 14.8 Å². The third-order valence-electron chi connectivity index (χ3n) is 4.61. The fourth-order valence-corrected chi connectivity index (χ4v) is 3.56. The van der Waals surface area contributed by atoms with E-state index in [1.54, 1.807) is 13.3 Å². The zero-order valence-corrected chi connectivity index (χ0v) is 17.9. The van der Waals surface area contributed by atoms with Gasteiger partial charge in [-0.05, 0) is 58.9 Å². The third-order valence-corrected chi connectivity index (χ3v) is 5.23. The van der Waals surface area contributed by atoms with Crippen molar-refractivity contribution in [1.82, 2.24) is 10.3 Å². The predicted molar refractivity (Wildman–Crippen MR) is 109 cm³/mol. The lowest BCUT2D eigenvalue weighted by atomic mass is 10.1. The Labute approximate surface area is 177 Å². The topological polar surface area (TPSA) is 96.0 Å². The molecular weight excluding hydrogens is 444 g/mol. The summed E-state index contributed by atoms with van der Waals surface area (Å²) >= 11 is 3.45. The van der Waals surface area contributed by atoms with Crippen LogP contribution in [0.3, 0.4) is 0 Å². The van der Waals surface area contributed by atoms with Crippen LogP contribution in [0.15, 0.2) is 28.9 Å². The van der Waals surface area contributed by atoms with Gasteiger partial charge in [-0.2, -0.15) is 0 Å². The van der Waals surface area contributed by atoms with Crippen LogP contribution in [0.5, 0.6) is 11.6 Å². The number of hydrogen-bond acceptors (Lipinski definition) is 8. The minimum Gasteiger partial charge on any atom is -0.496 e. The molecule has 1 aromatic carbocycles. The highest BCUT2D eigenvalue weighted by atomic mass is 79.9. The number of halogens is 1. The molecule has 3 rings (SSSR count). The fraction of sp³-hybridized carbons (Fsp3) is 0.450. The number of esters is 1. The molecule has 0 saturated carbocycles. The maximum atomic E-state index is 12.8. The molecule has 29 heavy (non-hydrogen) atoms. The summed E-state index contributed by atoms with van der Waals surface area (Å²) in [7, 11) is 1.58. The predicted octanol–water partition coefficient (Wildman–Crippen LogP) is 3.94. The summed E-state index contributed by atoms with van der Waals surface area (Å²) < 4.78 is 21.9. The van der Waals surface area contributed by atoms with Crippen LogP contribution in [0.25, 0.3) is 10.8 Å². The number of hydrogen-bond donors (Lipinski definition) is 1. The van der Waals surface area contributed by atoms with E-state index in [-0.39, 0.29) is 12.5 Å². The second-order valence-electron chi connectivity index (χ2n) is 6.62. The van der Waals surface area contributed by atoms with Crippen molar-refractivity contribution in [3.05, 3.63) is 28.9 Å². The van der Waals surface area contributed by atoms with Crippen LogP contribution in [-0.4, -0.2) is 43.1 Å². The van der Waals surface area contributed by atoms with E-state index in [0.29, 0.717) is 36.9 Å². The molecule has 1 fully saturated rings. The zero-order valence-electron chi connectivity index (χ0n) is 16.3. The molecule has 0 unspecified atom stereocenters. The second-order valence-corrected chi connectivity index (χ2v) is 7.48. The van der Waals surface area contributed by atoms with Crippen molar-refractivity contribution in [1.29, 1.82) is 0 Å². The van der Waals surface area contributed by atoms with E-state index >= 15 is 0 Å². The SMILES string of the molecule is CCCCOC(=O)OC(=O)[C@]1(Oc2nccc3cc(OC)c(Br)cc23)CCCN1. The Morgan fingerprint density at radius 3 is 2.86 bits per heavy atom. The number of nitrogens with one attached hydrogen (secondary N) is 1. The van der Waals surface area contributed by atoms with E-state index in [0.717, 1.165) is 16.3 Å². The molecule has 0 aliphatic carbocycles. The highest BCUT2D eigenvalue weighted by Crippen LogP contribution is 2.36. The Bertz CT molecular complexity index is 898. The number of ether oxygens (including phenoxy) is 4. The molecule has 8 nitrogen and oxygen atoms in total. The quantitative estimate of drug-likeness (QED) is 0.372. The lowest BCUT2D eigenvalue weighted by Crippen LogP contribution is -2.54. The van der Waals surface area contributed by atoms with E-state index in [2.05, 4.69) is 26.2 Å². The molecule has 9 heteroatoms. The first-order valence-electron chi connectivity index (χ1n) is 9.44. The van der Waals surface area contributed by atoms with Gasteiger partial charge in [0.15, 0.2) is 0 Å². The first-order chi connectivity index (χ1) is 14.0. The lowest BCUT2D eigenvalue weighted by molar-refractivity contribution is -0.159. The highest BCUT2D eigenvalue weighted by molar-refractivity contribution is 9.10. The highest BCUT2D eigenvalue weighted by Gasteiger charge is 2.47. The molecule has 0 spiro atoms. The van der Waals surface area contributed by atoms with Crippen molar-refractivity contribution in [3.8, 4) is 11.6 Å². The van der Waals surface area contributed by atoms with Gasteiger partial charge in [-0.25, -0.2) is 14.6 Å². The number of nitrogens with zero attached hydrogens (tertiary/aromatic N) is 1. The van der Waals surface area contributed by atoms with Crippen LogP contribution in [0.1, 0.15) is 32.6 Å². The molecule has 156 valence electrons. The molecule has 2 aromatic rings. The number of carbonyl (C=O) groups is 2. The van der Waals surface area contributed by atoms with Crippen molar-refractivity contribution < 1.29 is 28.5 Å². The van der Waals surface area contributed by atoms with Crippen molar-refractivity contribution >= 4 is 38.8 Å². The summed E-state index contributed by atoms with van der Waals surface area (Å²) in [5, 5.41) is 4.53. The first kappa shape index (κ1) is 21.3. The van der Waals surface area contributed by atoms with Gasteiger partial charge < -0.3 is 18.9 Å². The van der Waals surface area contributed by atoms with Crippen LogP contribution in [0, 0.1) is 0 Å². The van der Waals surface area contributed by atoms with Gasteiger partial charge >= 0.3 is 12.1 Å². The molecular formula is C20H23BrN2O6. The van der Waals surface area contributed by atoms with Gasteiger partial charge in [-0.15, -0.1) is 0 Å². The largest absolute Gasteiger partial charge is 0.516 e. The molecule has 1 aromatic heterocycles. The van der Waals surface area contributed by atoms with E-state index < -0.39 is 17.8 Å². The number of rotatable bonds is 7. The molecule has 1 N–H and O–H groups in total. The fourth-order valence-electron chi connectivity index (χ4n) is 3.06. The van der Waals surface area contributed by atoms with Gasteiger partial charge in [-0.1, -0.05) is 13.3 Å². The number of aromatic nitrogens is 1. The average molecular weight is 467 g/mol. The van der Waals surface area contributed by atoms with Gasteiger partial charge in [0.2, 0.25) is 5.88 Å². The van der Waals surface area contributed by atoms with Crippen LogP contribution in [0.2, 0.25) is 0 Å². The third kappa shape index (κ3) is 4.79. The molecule has 0 amide bonds. The summed E-state index contributed by atoms with van der Waals surface area (Å²) in [6, 6.07) is 5.46. The maximum absolute atomic E-state index is 12.8. The van der Waals surface area contributed by atoms with Gasteiger partial charge in [-0.3, -0.25) is 5.32 Å². The van der Waals surface area contributed by atoms with Gasteiger partial charge in [0.25, 0.3) is 5.72 Å². The van der Waals surface area contributed by atoms with Gasteiger partial charge in [0.1, 0.15) is 5.75 Å². The number of fused-ring (bicyclic) bond motifs is 1. The summed E-state index contributed by atoms with van der Waals surface area (Å²) in [4.78, 5) is 28.9. The first-order valence-corrected chi connectivity index (χ1v) is 10.2. The van der Waals surface area contributed by atoms with E-state index in [1.807, 2.05) is 25.1 Å². The van der Waals surface area contributed by atoms with Crippen molar-refractivity contribution in [2.24, 2.45) is 0 Å². The van der Waals surface area contributed by atoms with Crippen LogP contribution in [-0.2, 0) is 14.3 Å². The Morgan fingerprint density at radius 1 is 1.34 bits per heavy atom. The van der Waals surface area contributed by atoms with E-state index in [1.165, 1.54) is 0 Å². The molecule has 1 aliphatic heterocycles. The molecule has 1 saturated heterocycles. The summed E-state index contributed by atoms with van der Waals surface area (Å²) in [6.07, 6.45) is 3.13. The van der Waals surface area contributed by atoms with Crippen molar-refractivity contribution in [2.45, 2.75) is 38.3 Å². The lowest BCUT2D eigenvalue weighted by Gasteiger charge is -2.27. The summed E-state index contributed by atoms with van der Waals surface area (Å²) in [5.74, 6) is 0.0667. The van der Waals surface area contributed by atoms with Crippen molar-refractivity contribution in [3.63, 3.8) is 0 Å². The monoisotopic (exact) mass is 466 g/mol. The minimum atomic E-state index is -1.50. The molecule has 2 heterocycles. The number of methoxy groups -OCH3 is 1. The maximum Gasteiger partial charge on any atom is 0.516 e. The number of benzene rings is 1. The standard InChI is InChI=1S/C20H23BrN2O6/c1-3-4-10-27-19(25)28-18(24)20(7-5-8-23-20)29-17-14-12-15(21)16(26-2)11-13(14)6-9-22-17/h6,9,11-12,23H,3-5,7-8,10H2,1-2H3/t20-/m1/s1. The second kappa shape index (κ2) is 9.41. The Balaban J connectivity index is 1.84. The number of pyridine rings is 1. The molecule has 0 radical (unpaired) electrons. The summed E-state index contributed by atoms with van der Waals surface area (Å²) in [6.45, 7) is 2.71. The normalized spacial score (nSPS) is 18.4. The molecule has 0 bridgehead atoms. The minimum absolute atomic E-state index is 0.199. The van der Waals surface area contributed by atoms with Crippen LogP contribution in [0.4, 0.5) is 4.79 Å². The molecule has 1 atom stereocenters. The Hall–Kier alpha value is -2.39. The van der Waals surface area contributed by atoms with Crippen LogP contribution >= 0.6 is 15.9 Å². The van der Waals surface area contributed by atoms with E-state index in [9.17, 15) is 9.59 Å². The Kier molecular flexibility index (Phi) is 6.92. The molecule has 1 aliphatic rings. The number of carbonyl (C=O) groups excluding carboxylic acids is 2. The number of unbranched alkanes of at least 4 members (excludes halogenated alkanes) is 1. The average Bonchev–Trinajstić information content (AvgIpc) is 3.18. The summed E-state index contributed by atoms with van der Waals surface area (Å²) in [5.41, 5.74) is -1.50. The van der Waals surface area contributed by atoms with Gasteiger partial charge in [0, 0.05) is 18.0 Å².